The van der Waals surface area contributed by atoms with Crippen molar-refractivity contribution in [1.29, 1.82) is 0 Å². The normalized spacial score (nSPS) is 15.7. The minimum Gasteiger partial charge on any atom is -0.494 e. The van der Waals surface area contributed by atoms with Gasteiger partial charge in [-0.25, -0.2) is 0 Å². The Bertz CT molecular complexity index is 464. The lowest BCUT2D eigenvalue weighted by Gasteiger charge is -2.27. The Balaban J connectivity index is 1.78. The molecule has 0 spiro atoms. The number of carbonyl (C=O) groups excluding carboxylic acids is 1. The molecule has 0 aromatic heterocycles. The van der Waals surface area contributed by atoms with Gasteiger partial charge in [-0.05, 0) is 43.5 Å². The van der Waals surface area contributed by atoms with E-state index in [2.05, 4.69) is 6.92 Å². The summed E-state index contributed by atoms with van der Waals surface area (Å²) >= 11 is 0. The number of hydrogen-bond acceptors (Lipinski definition) is 3. The standard InChI is InChI=1S/C19H29NO3/c1-3-14-22-17-10-12-18(13-11-17)23-15-19(21)20(2)16-8-6-4-5-7-9-16/h10-13,16H,3-9,14-15H2,1-2H3. The molecule has 128 valence electrons. The smallest absolute Gasteiger partial charge is 0.260 e. The molecule has 1 aliphatic carbocycles. The van der Waals surface area contributed by atoms with Crippen molar-refractivity contribution in [2.45, 2.75) is 57.9 Å². The molecule has 0 aliphatic heterocycles. The van der Waals surface area contributed by atoms with Crippen molar-refractivity contribution in [1.82, 2.24) is 4.90 Å². The van der Waals surface area contributed by atoms with Crippen LogP contribution in [0.5, 0.6) is 11.5 Å². The third kappa shape index (κ3) is 5.77. The number of nitrogens with zero attached hydrogens (tertiary/aromatic N) is 1. The van der Waals surface area contributed by atoms with Crippen LogP contribution in [0, 0.1) is 0 Å². The highest BCUT2D eigenvalue weighted by atomic mass is 16.5. The summed E-state index contributed by atoms with van der Waals surface area (Å²) in [5.74, 6) is 1.60. The zero-order valence-electron chi connectivity index (χ0n) is 14.4. The van der Waals surface area contributed by atoms with Gasteiger partial charge < -0.3 is 14.4 Å². The van der Waals surface area contributed by atoms with Crippen LogP contribution >= 0.6 is 0 Å². The van der Waals surface area contributed by atoms with E-state index in [1.165, 1.54) is 25.7 Å². The molecule has 1 saturated carbocycles. The van der Waals surface area contributed by atoms with E-state index in [4.69, 9.17) is 9.47 Å². The van der Waals surface area contributed by atoms with Gasteiger partial charge in [0.25, 0.3) is 5.91 Å². The summed E-state index contributed by atoms with van der Waals surface area (Å²) in [6, 6.07) is 7.83. The van der Waals surface area contributed by atoms with Gasteiger partial charge in [-0.3, -0.25) is 4.79 Å². The number of rotatable bonds is 7. The van der Waals surface area contributed by atoms with E-state index >= 15 is 0 Å². The molecule has 0 N–H and O–H groups in total. The fourth-order valence-electron chi connectivity index (χ4n) is 2.95. The molecule has 0 heterocycles. The largest absolute Gasteiger partial charge is 0.494 e. The summed E-state index contributed by atoms with van der Waals surface area (Å²) in [6.45, 7) is 2.89. The summed E-state index contributed by atoms with van der Waals surface area (Å²) in [4.78, 5) is 14.2. The molecule has 1 aromatic carbocycles. The van der Waals surface area contributed by atoms with E-state index in [9.17, 15) is 4.79 Å². The van der Waals surface area contributed by atoms with Crippen molar-refractivity contribution in [2.75, 3.05) is 20.3 Å². The summed E-state index contributed by atoms with van der Waals surface area (Å²) in [7, 11) is 1.91. The lowest BCUT2D eigenvalue weighted by atomic mass is 10.1. The minimum atomic E-state index is 0.0585. The van der Waals surface area contributed by atoms with Crippen molar-refractivity contribution in [3.05, 3.63) is 24.3 Å². The second-order valence-electron chi connectivity index (χ2n) is 6.26. The number of amides is 1. The highest BCUT2D eigenvalue weighted by molar-refractivity contribution is 5.77. The van der Waals surface area contributed by atoms with Crippen molar-refractivity contribution in [3.63, 3.8) is 0 Å². The maximum atomic E-state index is 12.3. The average molecular weight is 319 g/mol. The summed E-state index contributed by atoms with van der Waals surface area (Å²) < 4.78 is 11.2. The summed E-state index contributed by atoms with van der Waals surface area (Å²) in [5, 5.41) is 0. The Labute approximate surface area is 139 Å². The van der Waals surface area contributed by atoms with Crippen LogP contribution in [0.15, 0.2) is 24.3 Å². The van der Waals surface area contributed by atoms with Gasteiger partial charge in [-0.15, -0.1) is 0 Å². The van der Waals surface area contributed by atoms with Crippen LogP contribution in [0.25, 0.3) is 0 Å². The van der Waals surface area contributed by atoms with Gasteiger partial charge in [0.1, 0.15) is 11.5 Å². The number of benzene rings is 1. The van der Waals surface area contributed by atoms with Gasteiger partial charge in [0.2, 0.25) is 0 Å². The van der Waals surface area contributed by atoms with Crippen molar-refractivity contribution >= 4 is 5.91 Å². The molecule has 1 fully saturated rings. The topological polar surface area (TPSA) is 38.8 Å². The number of ether oxygens (including phenoxy) is 2. The van der Waals surface area contributed by atoms with Crippen LogP contribution in [0.4, 0.5) is 0 Å². The molecule has 1 aromatic rings. The van der Waals surface area contributed by atoms with Crippen molar-refractivity contribution < 1.29 is 14.3 Å². The first-order chi connectivity index (χ1) is 11.2. The maximum Gasteiger partial charge on any atom is 0.260 e. The zero-order chi connectivity index (χ0) is 16.5. The van der Waals surface area contributed by atoms with Crippen molar-refractivity contribution in [3.8, 4) is 11.5 Å². The van der Waals surface area contributed by atoms with E-state index < -0.39 is 0 Å². The number of hydrogen-bond donors (Lipinski definition) is 0. The number of likely N-dealkylation sites (N-methyl/N-ethyl adjacent to an activating group) is 1. The van der Waals surface area contributed by atoms with Crippen LogP contribution in [-0.2, 0) is 4.79 Å². The Kier molecular flexibility index (Phi) is 7.24. The molecule has 0 radical (unpaired) electrons. The van der Waals surface area contributed by atoms with Gasteiger partial charge >= 0.3 is 0 Å². The quantitative estimate of drug-likeness (QED) is 0.712. The number of carbonyl (C=O) groups is 1. The fraction of sp³-hybridized carbons (Fsp3) is 0.632. The van der Waals surface area contributed by atoms with E-state index in [1.54, 1.807) is 0 Å². The summed E-state index contributed by atoms with van der Waals surface area (Å²) in [5.41, 5.74) is 0. The fourth-order valence-corrected chi connectivity index (χ4v) is 2.95. The first-order valence-electron chi connectivity index (χ1n) is 8.82. The Hall–Kier alpha value is -1.71. The molecule has 0 saturated heterocycles. The second kappa shape index (κ2) is 9.43. The lowest BCUT2D eigenvalue weighted by Crippen LogP contribution is -2.39. The van der Waals surface area contributed by atoms with E-state index in [0.29, 0.717) is 18.4 Å². The minimum absolute atomic E-state index is 0.0585. The van der Waals surface area contributed by atoms with E-state index in [1.807, 2.05) is 36.2 Å². The Morgan fingerprint density at radius 1 is 1.04 bits per heavy atom. The Morgan fingerprint density at radius 3 is 2.17 bits per heavy atom. The third-order valence-electron chi connectivity index (χ3n) is 4.42. The molecule has 0 unspecified atom stereocenters. The van der Waals surface area contributed by atoms with Crippen LogP contribution in [-0.4, -0.2) is 37.1 Å². The van der Waals surface area contributed by atoms with Crippen LogP contribution < -0.4 is 9.47 Å². The molecule has 23 heavy (non-hydrogen) atoms. The molecular weight excluding hydrogens is 290 g/mol. The van der Waals surface area contributed by atoms with Crippen LogP contribution in [0.1, 0.15) is 51.9 Å². The molecule has 1 aliphatic rings. The van der Waals surface area contributed by atoms with Gasteiger partial charge in [0.05, 0.1) is 6.61 Å². The molecule has 0 bridgehead atoms. The summed E-state index contributed by atoms with van der Waals surface area (Å²) in [6.07, 6.45) is 8.26. The molecular formula is C19H29NO3. The van der Waals surface area contributed by atoms with Crippen LogP contribution in [0.3, 0.4) is 0 Å². The first-order valence-corrected chi connectivity index (χ1v) is 8.82. The lowest BCUT2D eigenvalue weighted by molar-refractivity contribution is -0.134. The highest BCUT2D eigenvalue weighted by Crippen LogP contribution is 2.22. The molecule has 4 heteroatoms. The van der Waals surface area contributed by atoms with Gasteiger partial charge in [-0.2, -0.15) is 0 Å². The molecule has 4 nitrogen and oxygen atoms in total. The predicted octanol–water partition coefficient (Wildman–Crippen LogP) is 4.04. The average Bonchev–Trinajstić information content (AvgIpc) is 2.87. The van der Waals surface area contributed by atoms with Crippen molar-refractivity contribution in [2.24, 2.45) is 0 Å². The van der Waals surface area contributed by atoms with Gasteiger partial charge in [0.15, 0.2) is 6.61 Å². The first kappa shape index (κ1) is 17.6. The molecule has 1 amide bonds. The Morgan fingerprint density at radius 2 is 1.61 bits per heavy atom. The third-order valence-corrected chi connectivity index (χ3v) is 4.42. The second-order valence-corrected chi connectivity index (χ2v) is 6.26. The zero-order valence-corrected chi connectivity index (χ0v) is 14.4. The predicted molar refractivity (Wildman–Crippen MR) is 92.0 cm³/mol. The van der Waals surface area contributed by atoms with Gasteiger partial charge in [0, 0.05) is 13.1 Å². The SMILES string of the molecule is CCCOc1ccc(OCC(=O)N(C)C2CCCCCC2)cc1. The van der Waals surface area contributed by atoms with Crippen LogP contribution in [0.2, 0.25) is 0 Å². The van der Waals surface area contributed by atoms with E-state index in [-0.39, 0.29) is 12.5 Å². The monoisotopic (exact) mass is 319 g/mol. The molecule has 2 rings (SSSR count). The van der Waals surface area contributed by atoms with Gasteiger partial charge in [-0.1, -0.05) is 32.6 Å². The molecule has 0 atom stereocenters. The highest BCUT2D eigenvalue weighted by Gasteiger charge is 2.21. The van der Waals surface area contributed by atoms with E-state index in [0.717, 1.165) is 25.0 Å². The maximum absolute atomic E-state index is 12.3.